The maximum Gasteiger partial charge on any atom is 0.187 e. The van der Waals surface area contributed by atoms with Crippen molar-refractivity contribution >= 4 is 38.4 Å². The number of hydrogen-bond acceptors (Lipinski definition) is 2. The summed E-state index contributed by atoms with van der Waals surface area (Å²) in [5.41, 5.74) is 0.505. The lowest BCUT2D eigenvalue weighted by atomic mass is 10.2. The normalized spacial score (nSPS) is 10.9. The molecule has 0 radical (unpaired) electrons. The van der Waals surface area contributed by atoms with Gasteiger partial charge in [-0.05, 0) is 22.9 Å². The number of fused-ring (bicyclic) bond motifs is 1. The molecule has 1 N–H and O–H groups in total. The lowest BCUT2D eigenvalue weighted by molar-refractivity contribution is 0.325. The highest BCUT2D eigenvalue weighted by Crippen LogP contribution is 2.39. The van der Waals surface area contributed by atoms with Crippen molar-refractivity contribution in [1.82, 2.24) is 10.2 Å². The molecule has 6 heteroatoms. The van der Waals surface area contributed by atoms with Gasteiger partial charge in [-0.15, -0.1) is 0 Å². The van der Waals surface area contributed by atoms with Gasteiger partial charge in [-0.25, -0.2) is 4.39 Å². The predicted molar refractivity (Wildman–Crippen MR) is 59.9 cm³/mol. The van der Waals surface area contributed by atoms with Gasteiger partial charge >= 0.3 is 0 Å². The highest BCUT2D eigenvalue weighted by atomic mass is 79.9. The number of nitrogens with zero attached hydrogens (tertiary/aromatic N) is 1. The van der Waals surface area contributed by atoms with Crippen molar-refractivity contribution in [3.05, 3.63) is 21.5 Å². The Morgan fingerprint density at radius 1 is 1.67 bits per heavy atom. The average molecular weight is 294 g/mol. The van der Waals surface area contributed by atoms with Gasteiger partial charge in [-0.3, -0.25) is 5.10 Å². The molecule has 2 rings (SSSR count). The first-order valence-corrected chi connectivity index (χ1v) is 5.46. The Kier molecular flexibility index (Phi) is 2.84. The molecule has 1 aromatic carbocycles. The summed E-state index contributed by atoms with van der Waals surface area (Å²) < 4.78 is 19.4. The minimum Gasteiger partial charge on any atom is -0.489 e. The standard InChI is InChI=1S/C9H7BrClFN2O/c1-2-15-9-7(12)6(11)5(10)4-3-13-14-8(4)9/h3H,2H2,1H3,(H,13,14). The van der Waals surface area contributed by atoms with Gasteiger partial charge in [-0.2, -0.15) is 5.10 Å². The average Bonchev–Trinajstić information content (AvgIpc) is 2.70. The third kappa shape index (κ3) is 1.59. The van der Waals surface area contributed by atoms with Crippen LogP contribution in [0, 0.1) is 5.82 Å². The SMILES string of the molecule is CCOc1c(F)c(Cl)c(Br)c2cn[nH]c12. The molecule has 3 nitrogen and oxygen atoms in total. The number of H-pyrrole nitrogens is 1. The van der Waals surface area contributed by atoms with Crippen LogP contribution in [0.1, 0.15) is 6.92 Å². The summed E-state index contributed by atoms with van der Waals surface area (Å²) in [4.78, 5) is 0. The molecule has 80 valence electrons. The predicted octanol–water partition coefficient (Wildman–Crippen LogP) is 3.52. The van der Waals surface area contributed by atoms with Crippen LogP contribution in [0.3, 0.4) is 0 Å². The Morgan fingerprint density at radius 2 is 2.40 bits per heavy atom. The van der Waals surface area contributed by atoms with Crippen molar-refractivity contribution in [2.24, 2.45) is 0 Å². The van der Waals surface area contributed by atoms with Crippen LogP contribution in [-0.4, -0.2) is 16.8 Å². The van der Waals surface area contributed by atoms with E-state index in [1.165, 1.54) is 0 Å². The van der Waals surface area contributed by atoms with E-state index in [-0.39, 0.29) is 10.8 Å². The number of aromatic nitrogens is 2. The molecule has 0 fully saturated rings. The molecule has 0 saturated carbocycles. The van der Waals surface area contributed by atoms with E-state index < -0.39 is 5.82 Å². The summed E-state index contributed by atoms with van der Waals surface area (Å²) in [5.74, 6) is -0.472. The Hall–Kier alpha value is -0.810. The van der Waals surface area contributed by atoms with Crippen LogP contribution in [0.4, 0.5) is 4.39 Å². The number of nitrogens with one attached hydrogen (secondary N) is 1. The minimum atomic E-state index is -0.581. The summed E-state index contributed by atoms with van der Waals surface area (Å²) in [6.07, 6.45) is 1.56. The zero-order valence-corrected chi connectivity index (χ0v) is 10.1. The number of ether oxygens (including phenoxy) is 1. The smallest absolute Gasteiger partial charge is 0.187 e. The van der Waals surface area contributed by atoms with Crippen LogP contribution in [0.15, 0.2) is 10.7 Å². The lowest BCUT2D eigenvalue weighted by Crippen LogP contribution is -1.97. The van der Waals surface area contributed by atoms with Crippen LogP contribution in [0.2, 0.25) is 5.02 Å². The highest BCUT2D eigenvalue weighted by molar-refractivity contribution is 9.10. The van der Waals surface area contributed by atoms with E-state index in [1.54, 1.807) is 13.1 Å². The van der Waals surface area contributed by atoms with Gasteiger partial charge in [-0.1, -0.05) is 11.6 Å². The zero-order chi connectivity index (χ0) is 11.0. The van der Waals surface area contributed by atoms with E-state index in [2.05, 4.69) is 26.1 Å². The summed E-state index contributed by atoms with van der Waals surface area (Å²) in [7, 11) is 0. The van der Waals surface area contributed by atoms with Crippen molar-refractivity contribution < 1.29 is 9.13 Å². The van der Waals surface area contributed by atoms with Gasteiger partial charge in [0.1, 0.15) is 5.52 Å². The third-order valence-corrected chi connectivity index (χ3v) is 3.38. The van der Waals surface area contributed by atoms with E-state index in [9.17, 15) is 4.39 Å². The quantitative estimate of drug-likeness (QED) is 0.860. The highest BCUT2D eigenvalue weighted by Gasteiger charge is 2.19. The molecule has 0 bridgehead atoms. The second-order valence-electron chi connectivity index (χ2n) is 2.86. The summed E-state index contributed by atoms with van der Waals surface area (Å²) >= 11 is 9.02. The lowest BCUT2D eigenvalue weighted by Gasteiger charge is -2.08. The van der Waals surface area contributed by atoms with Gasteiger partial charge < -0.3 is 4.74 Å². The molecule has 2 aromatic rings. The fraction of sp³-hybridized carbons (Fsp3) is 0.222. The maximum atomic E-state index is 13.7. The Morgan fingerprint density at radius 3 is 3.07 bits per heavy atom. The van der Waals surface area contributed by atoms with Gasteiger partial charge in [0.15, 0.2) is 11.6 Å². The second kappa shape index (κ2) is 3.98. The summed E-state index contributed by atoms with van der Waals surface area (Å²) in [5, 5.41) is 7.21. The van der Waals surface area contributed by atoms with Crippen molar-refractivity contribution in [3.63, 3.8) is 0 Å². The number of benzene rings is 1. The largest absolute Gasteiger partial charge is 0.489 e. The fourth-order valence-corrected chi connectivity index (χ4v) is 1.99. The van der Waals surface area contributed by atoms with Gasteiger partial charge in [0.25, 0.3) is 0 Å². The Bertz CT molecular complexity index is 514. The molecule has 0 aliphatic heterocycles. The first-order chi connectivity index (χ1) is 7.16. The van der Waals surface area contributed by atoms with Crippen LogP contribution in [0.5, 0.6) is 5.75 Å². The molecule has 0 unspecified atom stereocenters. The van der Waals surface area contributed by atoms with Gasteiger partial charge in [0.2, 0.25) is 0 Å². The topological polar surface area (TPSA) is 37.9 Å². The number of hydrogen-bond donors (Lipinski definition) is 1. The monoisotopic (exact) mass is 292 g/mol. The van der Waals surface area contributed by atoms with Crippen LogP contribution >= 0.6 is 27.5 Å². The third-order valence-electron chi connectivity index (χ3n) is 1.98. The molecule has 0 aliphatic carbocycles. The number of halogens is 3. The molecule has 0 amide bonds. The first kappa shape index (κ1) is 10.7. The zero-order valence-electron chi connectivity index (χ0n) is 7.77. The molecule has 0 spiro atoms. The van der Waals surface area contributed by atoms with E-state index in [0.29, 0.717) is 22.0 Å². The molecular formula is C9H7BrClFN2O. The van der Waals surface area contributed by atoms with E-state index in [0.717, 1.165) is 0 Å². The number of rotatable bonds is 2. The summed E-state index contributed by atoms with van der Waals surface area (Å²) in [6.45, 7) is 2.14. The molecule has 15 heavy (non-hydrogen) atoms. The van der Waals surface area contributed by atoms with Gasteiger partial charge in [0, 0.05) is 5.39 Å². The maximum absolute atomic E-state index is 13.7. The van der Waals surface area contributed by atoms with Crippen LogP contribution in [-0.2, 0) is 0 Å². The Balaban J connectivity index is 2.82. The molecule has 0 saturated heterocycles. The molecule has 1 heterocycles. The van der Waals surface area contributed by atoms with E-state index in [1.807, 2.05) is 0 Å². The molecule has 0 atom stereocenters. The van der Waals surface area contributed by atoms with E-state index in [4.69, 9.17) is 16.3 Å². The van der Waals surface area contributed by atoms with Crippen molar-refractivity contribution in [3.8, 4) is 5.75 Å². The van der Waals surface area contributed by atoms with E-state index >= 15 is 0 Å². The van der Waals surface area contributed by atoms with Crippen molar-refractivity contribution in [2.45, 2.75) is 6.92 Å². The molecule has 0 aliphatic rings. The van der Waals surface area contributed by atoms with Crippen molar-refractivity contribution in [2.75, 3.05) is 6.61 Å². The second-order valence-corrected chi connectivity index (χ2v) is 4.03. The van der Waals surface area contributed by atoms with Crippen molar-refractivity contribution in [1.29, 1.82) is 0 Å². The van der Waals surface area contributed by atoms with Crippen LogP contribution < -0.4 is 4.74 Å². The summed E-state index contributed by atoms with van der Waals surface area (Å²) in [6, 6.07) is 0. The number of aromatic amines is 1. The Labute approximate surface area is 98.7 Å². The minimum absolute atomic E-state index is 0.00681. The van der Waals surface area contributed by atoms with Gasteiger partial charge in [0.05, 0.1) is 22.3 Å². The molecular weight excluding hydrogens is 286 g/mol. The fourth-order valence-electron chi connectivity index (χ4n) is 1.33. The first-order valence-electron chi connectivity index (χ1n) is 4.29. The molecule has 1 aromatic heterocycles. The van der Waals surface area contributed by atoms with Crippen LogP contribution in [0.25, 0.3) is 10.9 Å².